The number of carbonyl (C=O) groups excluding carboxylic acids is 2. The van der Waals surface area contributed by atoms with E-state index < -0.39 is 0 Å². The van der Waals surface area contributed by atoms with Crippen molar-refractivity contribution in [1.82, 2.24) is 5.32 Å². The summed E-state index contributed by atoms with van der Waals surface area (Å²) in [5.41, 5.74) is 0. The Kier molecular flexibility index (Phi) is 1.98. The number of hydrogen-bond donors (Lipinski definition) is 1. The topological polar surface area (TPSA) is 55.4 Å². The Morgan fingerprint density at radius 3 is 3.08 bits per heavy atom. The van der Waals surface area contributed by atoms with Gasteiger partial charge in [0.2, 0.25) is 5.91 Å². The van der Waals surface area contributed by atoms with E-state index in [1.807, 2.05) is 0 Å². The Morgan fingerprint density at radius 2 is 2.46 bits per heavy atom. The first-order valence-corrected chi connectivity index (χ1v) is 4.70. The van der Waals surface area contributed by atoms with E-state index in [1.165, 1.54) is 0 Å². The van der Waals surface area contributed by atoms with Crippen LogP contribution in [-0.2, 0) is 14.3 Å². The van der Waals surface area contributed by atoms with Gasteiger partial charge < -0.3 is 10.1 Å². The summed E-state index contributed by atoms with van der Waals surface area (Å²) in [4.78, 5) is 22.3. The van der Waals surface area contributed by atoms with E-state index in [2.05, 4.69) is 5.32 Å². The fourth-order valence-electron chi connectivity index (χ4n) is 2.05. The monoisotopic (exact) mass is 183 g/mol. The molecular formula is C9H13NO3. The lowest BCUT2D eigenvalue weighted by atomic mass is 10.1. The second-order valence-corrected chi connectivity index (χ2v) is 3.57. The molecule has 0 radical (unpaired) electrons. The first-order chi connectivity index (χ1) is 6.24. The van der Waals surface area contributed by atoms with Crippen molar-refractivity contribution in [2.24, 2.45) is 11.8 Å². The molecule has 1 N–H and O–H groups in total. The van der Waals surface area contributed by atoms with Gasteiger partial charge in [0.1, 0.15) is 0 Å². The fourth-order valence-corrected chi connectivity index (χ4v) is 2.05. The molecule has 0 aromatic rings. The number of carbonyl (C=O) groups is 2. The van der Waals surface area contributed by atoms with Crippen LogP contribution < -0.4 is 5.32 Å². The maximum atomic E-state index is 11.3. The van der Waals surface area contributed by atoms with Crippen LogP contribution in [0.5, 0.6) is 0 Å². The van der Waals surface area contributed by atoms with E-state index in [9.17, 15) is 9.59 Å². The first kappa shape index (κ1) is 8.53. The van der Waals surface area contributed by atoms with Gasteiger partial charge in [-0.25, -0.2) is 0 Å². The van der Waals surface area contributed by atoms with Crippen LogP contribution in [0.3, 0.4) is 0 Å². The van der Waals surface area contributed by atoms with Gasteiger partial charge in [0.25, 0.3) is 0 Å². The largest absolute Gasteiger partial charge is 0.466 e. The Bertz CT molecular complexity index is 251. The lowest BCUT2D eigenvalue weighted by Gasteiger charge is -2.08. The smallest absolute Gasteiger partial charge is 0.311 e. The molecule has 2 fully saturated rings. The predicted octanol–water partition coefficient (Wildman–Crippen LogP) is 0.0741. The van der Waals surface area contributed by atoms with Crippen LogP contribution in [0.1, 0.15) is 19.8 Å². The number of esters is 1. The molecular weight excluding hydrogens is 170 g/mol. The Hall–Kier alpha value is -1.06. The summed E-state index contributed by atoms with van der Waals surface area (Å²) < 4.78 is 4.90. The summed E-state index contributed by atoms with van der Waals surface area (Å²) in [5, 5.41) is 2.80. The molecule has 72 valence electrons. The molecule has 2 rings (SSSR count). The molecule has 4 nitrogen and oxygen atoms in total. The van der Waals surface area contributed by atoms with Crippen LogP contribution in [0.15, 0.2) is 0 Å². The van der Waals surface area contributed by atoms with Crippen molar-refractivity contribution in [2.45, 2.75) is 25.8 Å². The van der Waals surface area contributed by atoms with Crippen molar-refractivity contribution < 1.29 is 14.3 Å². The van der Waals surface area contributed by atoms with E-state index in [0.717, 1.165) is 6.42 Å². The summed E-state index contributed by atoms with van der Waals surface area (Å²) >= 11 is 0. The number of fused-ring (bicyclic) bond motifs is 1. The molecule has 0 aromatic carbocycles. The zero-order valence-corrected chi connectivity index (χ0v) is 7.58. The molecule has 1 saturated heterocycles. The second-order valence-electron chi connectivity index (χ2n) is 3.57. The highest BCUT2D eigenvalue weighted by Gasteiger charge is 2.58. The first-order valence-electron chi connectivity index (χ1n) is 4.70. The summed E-state index contributed by atoms with van der Waals surface area (Å²) in [7, 11) is 0. The molecule has 3 atom stereocenters. The Balaban J connectivity index is 1.92. The van der Waals surface area contributed by atoms with Crippen LogP contribution in [-0.4, -0.2) is 24.5 Å². The molecule has 1 saturated carbocycles. The second kappa shape index (κ2) is 3.01. The number of nitrogens with one attached hydrogen (secondary N) is 1. The van der Waals surface area contributed by atoms with E-state index in [4.69, 9.17) is 4.74 Å². The van der Waals surface area contributed by atoms with Gasteiger partial charge in [-0.05, 0) is 19.3 Å². The zero-order chi connectivity index (χ0) is 9.42. The van der Waals surface area contributed by atoms with Crippen LogP contribution in [0.2, 0.25) is 0 Å². The highest BCUT2D eigenvalue weighted by Crippen LogP contribution is 2.45. The van der Waals surface area contributed by atoms with Gasteiger partial charge in [-0.1, -0.05) is 0 Å². The highest BCUT2D eigenvalue weighted by atomic mass is 16.5. The highest BCUT2D eigenvalue weighted by molar-refractivity contribution is 5.84. The quantitative estimate of drug-likeness (QED) is 0.616. The predicted molar refractivity (Wildman–Crippen MR) is 44.8 cm³/mol. The number of piperidine rings is 1. The summed E-state index contributed by atoms with van der Waals surface area (Å²) in [6, 6.07) is 0.0697. The van der Waals surface area contributed by atoms with Crippen LogP contribution in [0.25, 0.3) is 0 Å². The van der Waals surface area contributed by atoms with Crippen LogP contribution in [0, 0.1) is 11.8 Å². The van der Waals surface area contributed by atoms with Crippen molar-refractivity contribution in [3.63, 3.8) is 0 Å². The fraction of sp³-hybridized carbons (Fsp3) is 0.778. The van der Waals surface area contributed by atoms with Gasteiger partial charge in [0.05, 0.1) is 12.5 Å². The molecule has 0 bridgehead atoms. The molecule has 4 heteroatoms. The number of amides is 1. The summed E-state index contributed by atoms with van der Waals surface area (Å²) in [5.74, 6) is 0.191. The average molecular weight is 183 g/mol. The average Bonchev–Trinajstić information content (AvgIpc) is 2.77. The minimum Gasteiger partial charge on any atom is -0.466 e. The van der Waals surface area contributed by atoms with Gasteiger partial charge in [-0.2, -0.15) is 0 Å². The third kappa shape index (κ3) is 1.41. The van der Waals surface area contributed by atoms with Crippen LogP contribution in [0.4, 0.5) is 0 Å². The van der Waals surface area contributed by atoms with Crippen molar-refractivity contribution in [3.05, 3.63) is 0 Å². The van der Waals surface area contributed by atoms with Gasteiger partial charge in [0, 0.05) is 12.5 Å². The third-order valence-corrected chi connectivity index (χ3v) is 2.76. The van der Waals surface area contributed by atoms with E-state index >= 15 is 0 Å². The minimum absolute atomic E-state index is 0.0630. The third-order valence-electron chi connectivity index (χ3n) is 2.76. The van der Waals surface area contributed by atoms with E-state index in [0.29, 0.717) is 18.9 Å². The number of hydrogen-bond acceptors (Lipinski definition) is 3. The van der Waals surface area contributed by atoms with Gasteiger partial charge >= 0.3 is 5.97 Å². The van der Waals surface area contributed by atoms with Crippen molar-refractivity contribution in [2.75, 3.05) is 6.61 Å². The van der Waals surface area contributed by atoms with Crippen molar-refractivity contribution in [1.29, 1.82) is 0 Å². The molecule has 0 spiro atoms. The molecule has 1 aliphatic carbocycles. The maximum absolute atomic E-state index is 11.3. The number of rotatable bonds is 2. The molecule has 1 amide bonds. The van der Waals surface area contributed by atoms with E-state index in [-0.39, 0.29) is 23.8 Å². The minimum atomic E-state index is -0.153. The molecule has 13 heavy (non-hydrogen) atoms. The van der Waals surface area contributed by atoms with Gasteiger partial charge in [0.15, 0.2) is 0 Å². The summed E-state index contributed by atoms with van der Waals surface area (Å²) in [6.07, 6.45) is 1.39. The molecule has 0 unspecified atom stereocenters. The Labute approximate surface area is 76.6 Å². The number of ether oxygens (including phenoxy) is 1. The summed E-state index contributed by atoms with van der Waals surface area (Å²) in [6.45, 7) is 2.21. The van der Waals surface area contributed by atoms with Gasteiger partial charge in [-0.3, -0.25) is 9.59 Å². The molecule has 2 aliphatic rings. The van der Waals surface area contributed by atoms with Crippen molar-refractivity contribution in [3.8, 4) is 0 Å². The maximum Gasteiger partial charge on any atom is 0.311 e. The van der Waals surface area contributed by atoms with Crippen LogP contribution >= 0.6 is 0 Å². The molecule has 1 heterocycles. The molecule has 0 aromatic heterocycles. The van der Waals surface area contributed by atoms with E-state index in [1.54, 1.807) is 6.92 Å². The standard InChI is InChI=1S/C9H13NO3/c1-2-13-9(12)7-5-3-4-6(11)10-8(5)7/h5,7-8H,2-4H2,1H3,(H,10,11)/t5-,7-,8-/m0/s1. The van der Waals surface area contributed by atoms with Crippen molar-refractivity contribution >= 4 is 11.9 Å². The Morgan fingerprint density at radius 1 is 1.69 bits per heavy atom. The molecule has 1 aliphatic heterocycles. The van der Waals surface area contributed by atoms with Gasteiger partial charge in [-0.15, -0.1) is 0 Å². The normalized spacial score (nSPS) is 36.1. The lowest BCUT2D eigenvalue weighted by Crippen LogP contribution is -2.31. The SMILES string of the molecule is CCOC(=O)[C@H]1[C@@H]2CCC(=O)N[C@@H]21. The zero-order valence-electron chi connectivity index (χ0n) is 7.58. The lowest BCUT2D eigenvalue weighted by molar-refractivity contribution is -0.145.